The SMILES string of the molecule is O=C(c1cc(Cc2cccc(Br)c2)cs1)c1cncnc1N[C@@H]1CC[C@@H](O)[C@H]1O. The van der Waals surface area contributed by atoms with Crippen molar-refractivity contribution in [3.63, 3.8) is 0 Å². The average molecular weight is 474 g/mol. The van der Waals surface area contributed by atoms with E-state index in [0.717, 1.165) is 22.0 Å². The number of aliphatic hydroxyl groups is 2. The fourth-order valence-electron chi connectivity index (χ4n) is 3.51. The molecule has 0 radical (unpaired) electrons. The summed E-state index contributed by atoms with van der Waals surface area (Å²) in [6, 6.07) is 9.65. The number of nitrogens with zero attached hydrogens (tertiary/aromatic N) is 2. The second-order valence-corrected chi connectivity index (χ2v) is 8.95. The summed E-state index contributed by atoms with van der Waals surface area (Å²) in [6.07, 6.45) is 3.07. The number of carbonyl (C=O) groups excluding carboxylic acids is 1. The maximum atomic E-state index is 13.1. The molecule has 29 heavy (non-hydrogen) atoms. The third-order valence-electron chi connectivity index (χ3n) is 5.03. The Morgan fingerprint density at radius 2 is 2.10 bits per heavy atom. The summed E-state index contributed by atoms with van der Waals surface area (Å²) in [5.41, 5.74) is 2.59. The highest BCUT2D eigenvalue weighted by molar-refractivity contribution is 9.10. The number of aliphatic hydroxyl groups excluding tert-OH is 2. The molecule has 2 heterocycles. The van der Waals surface area contributed by atoms with Crippen molar-refractivity contribution < 1.29 is 15.0 Å². The molecule has 2 aromatic heterocycles. The maximum absolute atomic E-state index is 13.1. The number of halogens is 1. The third kappa shape index (κ3) is 4.56. The van der Waals surface area contributed by atoms with Crippen LogP contribution in [0.15, 0.2) is 52.7 Å². The molecule has 150 valence electrons. The first-order valence-electron chi connectivity index (χ1n) is 9.30. The molecule has 0 bridgehead atoms. The number of hydrogen-bond donors (Lipinski definition) is 3. The van der Waals surface area contributed by atoms with Gasteiger partial charge in [0.25, 0.3) is 0 Å². The van der Waals surface area contributed by atoms with E-state index < -0.39 is 12.2 Å². The number of rotatable bonds is 6. The molecule has 4 rings (SSSR count). The minimum Gasteiger partial charge on any atom is -0.390 e. The van der Waals surface area contributed by atoms with Crippen LogP contribution in [0.4, 0.5) is 5.82 Å². The topological polar surface area (TPSA) is 95.3 Å². The highest BCUT2D eigenvalue weighted by atomic mass is 79.9. The molecule has 1 saturated carbocycles. The van der Waals surface area contributed by atoms with Crippen LogP contribution in [0.25, 0.3) is 0 Å². The molecule has 8 heteroatoms. The molecule has 1 aromatic carbocycles. The van der Waals surface area contributed by atoms with Crippen LogP contribution in [0, 0.1) is 0 Å². The van der Waals surface area contributed by atoms with E-state index in [1.807, 2.05) is 23.6 Å². The quantitative estimate of drug-likeness (QED) is 0.474. The van der Waals surface area contributed by atoms with Gasteiger partial charge in [0.05, 0.1) is 28.7 Å². The van der Waals surface area contributed by atoms with Crippen molar-refractivity contribution in [1.29, 1.82) is 0 Å². The standard InChI is InChI=1S/C21H20BrN3O3S/c22-14-3-1-2-12(7-14)6-13-8-18(29-10-13)19(27)15-9-23-11-24-21(15)25-16-4-5-17(26)20(16)28/h1-3,7-11,16-17,20,26,28H,4-6H2,(H,23,24,25)/t16-,17-,20+/m1/s1. The van der Waals surface area contributed by atoms with Gasteiger partial charge < -0.3 is 15.5 Å². The lowest BCUT2D eigenvalue weighted by atomic mass is 10.1. The van der Waals surface area contributed by atoms with Crippen LogP contribution in [0.5, 0.6) is 0 Å². The Morgan fingerprint density at radius 3 is 2.86 bits per heavy atom. The molecule has 1 fully saturated rings. The molecule has 0 aliphatic heterocycles. The van der Waals surface area contributed by atoms with Crippen LogP contribution in [0.2, 0.25) is 0 Å². The van der Waals surface area contributed by atoms with E-state index in [1.165, 1.54) is 23.9 Å². The first kappa shape index (κ1) is 20.2. The lowest BCUT2D eigenvalue weighted by Crippen LogP contribution is -2.35. The van der Waals surface area contributed by atoms with E-state index in [9.17, 15) is 15.0 Å². The summed E-state index contributed by atoms with van der Waals surface area (Å²) in [4.78, 5) is 21.9. The van der Waals surface area contributed by atoms with E-state index in [-0.39, 0.29) is 11.8 Å². The first-order valence-corrected chi connectivity index (χ1v) is 11.0. The van der Waals surface area contributed by atoms with Crippen LogP contribution in [0.3, 0.4) is 0 Å². The van der Waals surface area contributed by atoms with Crippen molar-refractivity contribution in [3.8, 4) is 0 Å². The fraction of sp³-hybridized carbons (Fsp3) is 0.286. The van der Waals surface area contributed by atoms with Gasteiger partial charge in [0.15, 0.2) is 0 Å². The highest BCUT2D eigenvalue weighted by Gasteiger charge is 2.34. The predicted octanol–water partition coefficient (Wildman–Crippen LogP) is 3.42. The van der Waals surface area contributed by atoms with E-state index in [4.69, 9.17) is 0 Å². The molecule has 3 atom stereocenters. The number of carbonyl (C=O) groups is 1. The molecule has 0 spiro atoms. The number of benzene rings is 1. The second kappa shape index (κ2) is 8.71. The van der Waals surface area contributed by atoms with E-state index in [2.05, 4.69) is 43.3 Å². The zero-order valence-electron chi connectivity index (χ0n) is 15.5. The van der Waals surface area contributed by atoms with Crippen molar-refractivity contribution >= 4 is 38.9 Å². The molecule has 3 N–H and O–H groups in total. The maximum Gasteiger partial charge on any atom is 0.208 e. The number of anilines is 1. The summed E-state index contributed by atoms with van der Waals surface area (Å²) in [5, 5.41) is 24.9. The van der Waals surface area contributed by atoms with Crippen molar-refractivity contribution in [2.75, 3.05) is 5.32 Å². The summed E-state index contributed by atoms with van der Waals surface area (Å²) in [5.74, 6) is 0.219. The van der Waals surface area contributed by atoms with Crippen LogP contribution in [-0.2, 0) is 6.42 Å². The number of ketones is 1. The fourth-order valence-corrected chi connectivity index (χ4v) is 4.82. The number of aromatic nitrogens is 2. The summed E-state index contributed by atoms with van der Waals surface area (Å²) in [6.45, 7) is 0. The van der Waals surface area contributed by atoms with Gasteiger partial charge in [0.1, 0.15) is 12.1 Å². The lowest BCUT2D eigenvalue weighted by Gasteiger charge is -2.19. The molecule has 0 saturated heterocycles. The van der Waals surface area contributed by atoms with Crippen LogP contribution in [-0.4, -0.2) is 44.2 Å². The van der Waals surface area contributed by atoms with Gasteiger partial charge in [0, 0.05) is 10.7 Å². The monoisotopic (exact) mass is 473 g/mol. The molecule has 1 aliphatic carbocycles. The summed E-state index contributed by atoms with van der Waals surface area (Å²) >= 11 is 4.87. The molecule has 1 aliphatic rings. The van der Waals surface area contributed by atoms with Gasteiger partial charge in [0.2, 0.25) is 5.78 Å². The van der Waals surface area contributed by atoms with Gasteiger partial charge in [-0.2, -0.15) is 0 Å². The van der Waals surface area contributed by atoms with Crippen LogP contribution >= 0.6 is 27.3 Å². The minimum absolute atomic E-state index is 0.161. The molecule has 0 unspecified atom stereocenters. The average Bonchev–Trinajstić information content (AvgIpc) is 3.30. The van der Waals surface area contributed by atoms with Crippen molar-refractivity contribution in [1.82, 2.24) is 9.97 Å². The van der Waals surface area contributed by atoms with Crippen LogP contribution < -0.4 is 5.32 Å². The Balaban J connectivity index is 1.52. The van der Waals surface area contributed by atoms with Crippen molar-refractivity contribution in [2.45, 2.75) is 37.5 Å². The number of hydrogen-bond acceptors (Lipinski definition) is 7. The van der Waals surface area contributed by atoms with E-state index in [0.29, 0.717) is 29.1 Å². The minimum atomic E-state index is -0.883. The molecule has 0 amide bonds. The normalized spacial score (nSPS) is 21.3. The third-order valence-corrected chi connectivity index (χ3v) is 6.50. The Bertz CT molecular complexity index is 1030. The Kier molecular flexibility index (Phi) is 6.05. The molecular formula is C21H20BrN3O3S. The van der Waals surface area contributed by atoms with E-state index in [1.54, 1.807) is 0 Å². The second-order valence-electron chi connectivity index (χ2n) is 7.13. The van der Waals surface area contributed by atoms with Crippen LogP contribution in [0.1, 0.15) is 39.2 Å². The van der Waals surface area contributed by atoms with Gasteiger partial charge in [-0.05, 0) is 54.0 Å². The lowest BCUT2D eigenvalue weighted by molar-refractivity contribution is 0.0391. The Morgan fingerprint density at radius 1 is 1.24 bits per heavy atom. The van der Waals surface area contributed by atoms with Gasteiger partial charge in [-0.25, -0.2) is 9.97 Å². The first-order chi connectivity index (χ1) is 14.0. The Hall–Kier alpha value is -2.13. The van der Waals surface area contributed by atoms with Gasteiger partial charge in [-0.1, -0.05) is 28.1 Å². The largest absolute Gasteiger partial charge is 0.390 e. The van der Waals surface area contributed by atoms with Gasteiger partial charge >= 0.3 is 0 Å². The predicted molar refractivity (Wildman–Crippen MR) is 115 cm³/mol. The zero-order chi connectivity index (χ0) is 20.4. The molecule has 6 nitrogen and oxygen atoms in total. The van der Waals surface area contributed by atoms with Gasteiger partial charge in [-0.15, -0.1) is 11.3 Å². The number of nitrogens with one attached hydrogen (secondary N) is 1. The summed E-state index contributed by atoms with van der Waals surface area (Å²) in [7, 11) is 0. The highest BCUT2D eigenvalue weighted by Crippen LogP contribution is 2.27. The molecular weight excluding hydrogens is 454 g/mol. The summed E-state index contributed by atoms with van der Waals surface area (Å²) < 4.78 is 1.03. The Labute approximate surface area is 180 Å². The smallest absolute Gasteiger partial charge is 0.208 e. The van der Waals surface area contributed by atoms with Crippen molar-refractivity contribution in [3.05, 3.63) is 74.3 Å². The van der Waals surface area contributed by atoms with Gasteiger partial charge in [-0.3, -0.25) is 4.79 Å². The zero-order valence-corrected chi connectivity index (χ0v) is 17.9. The van der Waals surface area contributed by atoms with Crippen molar-refractivity contribution in [2.24, 2.45) is 0 Å². The molecule has 3 aromatic rings. The van der Waals surface area contributed by atoms with E-state index >= 15 is 0 Å². The number of thiophene rings is 1.